The summed E-state index contributed by atoms with van der Waals surface area (Å²) in [4.78, 5) is 29.2. The van der Waals surface area contributed by atoms with E-state index in [1.807, 2.05) is 60.7 Å². The van der Waals surface area contributed by atoms with Crippen molar-refractivity contribution in [2.24, 2.45) is 5.92 Å². The van der Waals surface area contributed by atoms with Gasteiger partial charge < -0.3 is 9.80 Å². The predicted octanol–water partition coefficient (Wildman–Crippen LogP) is 4.41. The first-order chi connectivity index (χ1) is 14.1. The van der Waals surface area contributed by atoms with E-state index in [4.69, 9.17) is 0 Å². The summed E-state index contributed by atoms with van der Waals surface area (Å²) in [5.74, 6) is -1.15. The Balaban J connectivity index is 1.58. The van der Waals surface area contributed by atoms with Crippen LogP contribution in [-0.4, -0.2) is 18.4 Å². The monoisotopic (exact) mass is 388 g/mol. The summed E-state index contributed by atoms with van der Waals surface area (Å²) in [6, 6.07) is 25.1. The fourth-order valence-corrected chi connectivity index (χ4v) is 3.66. The maximum atomic E-state index is 13.6. The Hall–Kier alpha value is -3.47. The van der Waals surface area contributed by atoms with Gasteiger partial charge in [0.2, 0.25) is 11.8 Å². The van der Waals surface area contributed by atoms with E-state index in [-0.39, 0.29) is 24.8 Å². The van der Waals surface area contributed by atoms with Gasteiger partial charge in [-0.1, -0.05) is 54.6 Å². The Morgan fingerprint density at radius 3 is 2.34 bits per heavy atom. The molecule has 1 aliphatic heterocycles. The lowest BCUT2D eigenvalue weighted by Gasteiger charge is -2.26. The van der Waals surface area contributed by atoms with Crippen molar-refractivity contribution in [2.75, 3.05) is 16.3 Å². The van der Waals surface area contributed by atoms with Gasteiger partial charge in [-0.2, -0.15) is 0 Å². The highest BCUT2D eigenvalue weighted by molar-refractivity contribution is 6.04. The van der Waals surface area contributed by atoms with E-state index < -0.39 is 11.7 Å². The average Bonchev–Trinajstić information content (AvgIpc) is 3.14. The molecule has 1 fully saturated rings. The highest BCUT2D eigenvalue weighted by atomic mass is 19.1. The number of nitrogens with zero attached hydrogens (tertiary/aromatic N) is 2. The molecule has 1 saturated heterocycles. The number of halogens is 1. The van der Waals surface area contributed by atoms with Crippen molar-refractivity contribution in [2.45, 2.75) is 13.0 Å². The predicted molar refractivity (Wildman–Crippen MR) is 111 cm³/mol. The molecule has 5 heteroatoms. The minimum absolute atomic E-state index is 0.104. The van der Waals surface area contributed by atoms with Crippen molar-refractivity contribution in [1.29, 1.82) is 0 Å². The molecule has 0 bridgehead atoms. The molecule has 0 aromatic heterocycles. The number of anilines is 2. The Morgan fingerprint density at radius 1 is 0.966 bits per heavy atom. The molecule has 1 aliphatic rings. The van der Waals surface area contributed by atoms with Gasteiger partial charge >= 0.3 is 0 Å². The Morgan fingerprint density at radius 2 is 1.66 bits per heavy atom. The average molecular weight is 388 g/mol. The zero-order valence-corrected chi connectivity index (χ0v) is 15.9. The van der Waals surface area contributed by atoms with E-state index in [2.05, 4.69) is 0 Å². The fourth-order valence-electron chi connectivity index (χ4n) is 3.66. The number of carbonyl (C=O) groups is 2. The van der Waals surface area contributed by atoms with Gasteiger partial charge in [0.15, 0.2) is 0 Å². The third kappa shape index (κ3) is 4.19. The van der Waals surface area contributed by atoms with Gasteiger partial charge in [-0.05, 0) is 35.9 Å². The molecule has 0 radical (unpaired) electrons. The summed E-state index contributed by atoms with van der Waals surface area (Å²) in [6.07, 6.45) is 0.119. The number of para-hydroxylation sites is 1. The highest BCUT2D eigenvalue weighted by Crippen LogP contribution is 2.29. The lowest BCUT2D eigenvalue weighted by molar-refractivity contribution is -0.124. The Kier molecular flexibility index (Phi) is 5.38. The molecule has 1 atom stereocenters. The van der Waals surface area contributed by atoms with E-state index in [9.17, 15) is 14.0 Å². The molecule has 3 aromatic carbocycles. The first kappa shape index (κ1) is 18.9. The number of amides is 2. The summed E-state index contributed by atoms with van der Waals surface area (Å²) in [7, 11) is 0. The first-order valence-corrected chi connectivity index (χ1v) is 9.58. The SMILES string of the molecule is O=C1CC(C(=O)N(Cc2ccccc2)c2ccccc2)CN1c1cccc(F)c1. The van der Waals surface area contributed by atoms with Crippen LogP contribution in [0, 0.1) is 11.7 Å². The normalized spacial score (nSPS) is 16.1. The van der Waals surface area contributed by atoms with Crippen molar-refractivity contribution >= 4 is 23.2 Å². The molecule has 0 saturated carbocycles. The molecule has 0 N–H and O–H groups in total. The molecular weight excluding hydrogens is 367 g/mol. The largest absolute Gasteiger partial charge is 0.311 e. The van der Waals surface area contributed by atoms with Crippen molar-refractivity contribution in [3.63, 3.8) is 0 Å². The Bertz CT molecular complexity index is 1010. The first-order valence-electron chi connectivity index (χ1n) is 9.58. The van der Waals surface area contributed by atoms with Gasteiger partial charge in [0.05, 0.1) is 12.5 Å². The second kappa shape index (κ2) is 8.27. The van der Waals surface area contributed by atoms with Crippen molar-refractivity contribution in [3.05, 3.63) is 96.3 Å². The van der Waals surface area contributed by atoms with E-state index >= 15 is 0 Å². The number of hydrogen-bond donors (Lipinski definition) is 0. The van der Waals surface area contributed by atoms with Crippen LogP contribution >= 0.6 is 0 Å². The lowest BCUT2D eigenvalue weighted by atomic mass is 10.1. The molecule has 2 amide bonds. The molecule has 4 rings (SSSR count). The molecule has 0 spiro atoms. The maximum Gasteiger partial charge on any atom is 0.232 e. The van der Waals surface area contributed by atoms with E-state index in [0.29, 0.717) is 12.2 Å². The topological polar surface area (TPSA) is 40.6 Å². The molecule has 3 aromatic rings. The second-order valence-electron chi connectivity index (χ2n) is 7.13. The third-order valence-corrected chi connectivity index (χ3v) is 5.11. The fraction of sp³-hybridized carbons (Fsp3) is 0.167. The van der Waals surface area contributed by atoms with Crippen molar-refractivity contribution in [3.8, 4) is 0 Å². The minimum Gasteiger partial charge on any atom is -0.311 e. The molecule has 4 nitrogen and oxygen atoms in total. The van der Waals surface area contributed by atoms with Crippen LogP contribution in [0.5, 0.6) is 0 Å². The van der Waals surface area contributed by atoms with Crippen LogP contribution in [0.2, 0.25) is 0 Å². The smallest absolute Gasteiger partial charge is 0.232 e. The van der Waals surface area contributed by atoms with Gasteiger partial charge in [-0.15, -0.1) is 0 Å². The van der Waals surface area contributed by atoms with Crippen LogP contribution in [0.15, 0.2) is 84.9 Å². The van der Waals surface area contributed by atoms with Gasteiger partial charge in [0.25, 0.3) is 0 Å². The van der Waals surface area contributed by atoms with Crippen LogP contribution in [0.3, 0.4) is 0 Å². The lowest BCUT2D eigenvalue weighted by Crippen LogP contribution is -2.37. The zero-order valence-electron chi connectivity index (χ0n) is 15.9. The number of hydrogen-bond acceptors (Lipinski definition) is 2. The van der Waals surface area contributed by atoms with Crippen LogP contribution < -0.4 is 9.80 Å². The third-order valence-electron chi connectivity index (χ3n) is 5.11. The van der Waals surface area contributed by atoms with Crippen LogP contribution in [-0.2, 0) is 16.1 Å². The quantitative estimate of drug-likeness (QED) is 0.650. The minimum atomic E-state index is -0.477. The van der Waals surface area contributed by atoms with E-state index in [1.165, 1.54) is 17.0 Å². The zero-order chi connectivity index (χ0) is 20.2. The Labute approximate surface area is 169 Å². The molecule has 146 valence electrons. The summed E-state index contributed by atoms with van der Waals surface area (Å²) in [5, 5.41) is 0. The van der Waals surface area contributed by atoms with Crippen LogP contribution in [0.4, 0.5) is 15.8 Å². The summed E-state index contributed by atoms with van der Waals surface area (Å²) >= 11 is 0. The molecule has 29 heavy (non-hydrogen) atoms. The van der Waals surface area contributed by atoms with E-state index in [0.717, 1.165) is 11.3 Å². The number of benzene rings is 3. The maximum absolute atomic E-state index is 13.6. The molecule has 1 unspecified atom stereocenters. The summed E-state index contributed by atoms with van der Waals surface area (Å²) in [5.41, 5.74) is 2.29. The molecule has 1 heterocycles. The molecular formula is C24H21FN2O2. The number of rotatable bonds is 5. The van der Waals surface area contributed by atoms with Gasteiger partial charge in [0, 0.05) is 24.3 Å². The van der Waals surface area contributed by atoms with Gasteiger partial charge in [-0.3, -0.25) is 9.59 Å². The van der Waals surface area contributed by atoms with Gasteiger partial charge in [-0.25, -0.2) is 4.39 Å². The molecule has 0 aliphatic carbocycles. The van der Waals surface area contributed by atoms with Crippen molar-refractivity contribution in [1.82, 2.24) is 0 Å². The second-order valence-corrected chi connectivity index (χ2v) is 7.13. The standard InChI is InChI=1S/C24H21FN2O2/c25-20-10-7-13-22(15-20)26-17-19(14-23(26)28)24(29)27(21-11-5-2-6-12-21)16-18-8-3-1-4-9-18/h1-13,15,19H,14,16-17H2. The summed E-state index contributed by atoms with van der Waals surface area (Å²) < 4.78 is 13.6. The summed E-state index contributed by atoms with van der Waals surface area (Å²) in [6.45, 7) is 0.674. The van der Waals surface area contributed by atoms with Crippen LogP contribution in [0.25, 0.3) is 0 Å². The number of carbonyl (C=O) groups excluding carboxylic acids is 2. The van der Waals surface area contributed by atoms with Crippen LogP contribution in [0.1, 0.15) is 12.0 Å². The van der Waals surface area contributed by atoms with E-state index in [1.54, 1.807) is 17.0 Å². The van der Waals surface area contributed by atoms with Crippen molar-refractivity contribution < 1.29 is 14.0 Å². The van der Waals surface area contributed by atoms with Gasteiger partial charge in [0.1, 0.15) is 5.82 Å². The highest BCUT2D eigenvalue weighted by Gasteiger charge is 2.37.